The number of aromatic nitrogens is 4. The molecule has 0 aliphatic heterocycles. The minimum Gasteiger partial charge on any atom is -0.494 e. The number of hydrogen-bond donors (Lipinski definition) is 1. The second kappa shape index (κ2) is 11.7. The van der Waals surface area contributed by atoms with Crippen LogP contribution in [0.25, 0.3) is 33.6 Å². The number of carbonyl (C=O) groups is 1. The van der Waals surface area contributed by atoms with Crippen LogP contribution in [0.4, 0.5) is 5.82 Å². The fraction of sp³-hybridized carbons (Fsp3) is 0.321. The zero-order chi connectivity index (χ0) is 28.2. The van der Waals surface area contributed by atoms with Crippen LogP contribution >= 0.6 is 0 Å². The molecule has 206 valence electrons. The van der Waals surface area contributed by atoms with Gasteiger partial charge in [-0.1, -0.05) is 18.6 Å². The van der Waals surface area contributed by atoms with Crippen molar-refractivity contribution in [1.82, 2.24) is 19.1 Å². The van der Waals surface area contributed by atoms with Crippen LogP contribution in [-0.4, -0.2) is 53.5 Å². The highest BCUT2D eigenvalue weighted by atomic mass is 32.2. The Balaban J connectivity index is 1.74. The molecule has 0 radical (unpaired) electrons. The van der Waals surface area contributed by atoms with Crippen molar-refractivity contribution < 1.29 is 22.7 Å². The van der Waals surface area contributed by atoms with E-state index in [1.165, 1.54) is 14.2 Å². The highest BCUT2D eigenvalue weighted by molar-refractivity contribution is 7.92. The van der Waals surface area contributed by atoms with Crippen molar-refractivity contribution >= 4 is 43.9 Å². The molecule has 4 aromatic rings. The summed E-state index contributed by atoms with van der Waals surface area (Å²) in [5, 5.41) is 0.813. The number of esters is 1. The van der Waals surface area contributed by atoms with Crippen molar-refractivity contribution in [2.24, 2.45) is 7.05 Å². The molecule has 11 heteroatoms. The summed E-state index contributed by atoms with van der Waals surface area (Å²) in [6, 6.07) is 8.71. The van der Waals surface area contributed by atoms with Crippen LogP contribution < -0.4 is 9.46 Å². The zero-order valence-corrected chi connectivity index (χ0v) is 23.3. The molecule has 0 aliphatic carbocycles. The van der Waals surface area contributed by atoms with Gasteiger partial charge in [0.2, 0.25) is 10.0 Å². The van der Waals surface area contributed by atoms with Crippen LogP contribution in [0.2, 0.25) is 0 Å². The van der Waals surface area contributed by atoms with E-state index in [1.807, 2.05) is 34.4 Å². The van der Waals surface area contributed by atoms with E-state index in [0.717, 1.165) is 30.3 Å². The molecule has 0 bridgehead atoms. The summed E-state index contributed by atoms with van der Waals surface area (Å²) in [5.74, 6) is 0.890. The van der Waals surface area contributed by atoms with Gasteiger partial charge in [0.1, 0.15) is 22.7 Å². The van der Waals surface area contributed by atoms with E-state index in [-0.39, 0.29) is 11.6 Å². The minimum absolute atomic E-state index is 0.0258. The largest absolute Gasteiger partial charge is 0.494 e. The lowest BCUT2D eigenvalue weighted by atomic mass is 10.2. The van der Waals surface area contributed by atoms with Crippen LogP contribution in [-0.2, 0) is 28.4 Å². The molecule has 10 nitrogen and oxygen atoms in total. The van der Waals surface area contributed by atoms with E-state index in [2.05, 4.69) is 22.9 Å². The van der Waals surface area contributed by atoms with Crippen molar-refractivity contribution in [2.75, 3.05) is 24.7 Å². The molecule has 0 spiro atoms. The van der Waals surface area contributed by atoms with Crippen molar-refractivity contribution in [3.8, 4) is 17.3 Å². The summed E-state index contributed by atoms with van der Waals surface area (Å²) >= 11 is 0. The van der Waals surface area contributed by atoms with Gasteiger partial charge in [0.15, 0.2) is 5.82 Å². The van der Waals surface area contributed by atoms with Gasteiger partial charge in [0.05, 0.1) is 36.7 Å². The van der Waals surface area contributed by atoms with Gasteiger partial charge in [-0.2, -0.15) is 0 Å². The number of aryl methyl sites for hydroxylation is 1. The quantitative estimate of drug-likeness (QED) is 0.140. The number of hydrogen-bond acceptors (Lipinski definition) is 7. The van der Waals surface area contributed by atoms with Gasteiger partial charge >= 0.3 is 5.97 Å². The van der Waals surface area contributed by atoms with E-state index >= 15 is 0 Å². The summed E-state index contributed by atoms with van der Waals surface area (Å²) in [7, 11) is 1.18. The fourth-order valence-corrected chi connectivity index (χ4v) is 5.70. The zero-order valence-electron chi connectivity index (χ0n) is 22.4. The summed E-state index contributed by atoms with van der Waals surface area (Å²) in [6.07, 6.45) is 6.74. The fourth-order valence-electron chi connectivity index (χ4n) is 4.58. The average molecular weight is 552 g/mol. The Kier molecular flexibility index (Phi) is 8.39. The van der Waals surface area contributed by atoms with E-state index in [9.17, 15) is 13.2 Å². The number of pyridine rings is 1. The third kappa shape index (κ3) is 5.83. The number of imidazole rings is 1. The van der Waals surface area contributed by atoms with Crippen molar-refractivity contribution in [1.29, 1.82) is 0 Å². The number of nitrogens with zero attached hydrogens (tertiary/aromatic N) is 4. The number of anilines is 1. The highest BCUT2D eigenvalue weighted by Crippen LogP contribution is 2.34. The maximum atomic E-state index is 12.7. The minimum atomic E-state index is -3.54. The van der Waals surface area contributed by atoms with E-state index in [4.69, 9.17) is 14.5 Å². The number of benzene rings is 1. The average Bonchev–Trinajstić information content (AvgIpc) is 3.44. The summed E-state index contributed by atoms with van der Waals surface area (Å²) in [4.78, 5) is 21.6. The molecule has 1 N–H and O–H groups in total. The molecule has 4 rings (SSSR count). The Bertz CT molecular complexity index is 1650. The number of nitrogens with one attached hydrogen (secondary N) is 1. The number of unbranched alkanes of at least 4 members (excludes halogenated alkanes) is 3. The molecule has 0 aliphatic rings. The number of fused-ring (bicyclic) bond motifs is 2. The second-order valence-electron chi connectivity index (χ2n) is 9.13. The predicted octanol–water partition coefficient (Wildman–Crippen LogP) is 5.06. The van der Waals surface area contributed by atoms with Crippen LogP contribution in [0.15, 0.2) is 55.6 Å². The first-order valence-electron chi connectivity index (χ1n) is 12.6. The summed E-state index contributed by atoms with van der Waals surface area (Å²) in [5.41, 5.74) is 2.95. The van der Waals surface area contributed by atoms with Gasteiger partial charge in [0.25, 0.3) is 0 Å². The van der Waals surface area contributed by atoms with Gasteiger partial charge in [0, 0.05) is 19.0 Å². The first-order valence-corrected chi connectivity index (χ1v) is 14.2. The summed E-state index contributed by atoms with van der Waals surface area (Å²) in [6.45, 7) is 7.99. The Labute approximate surface area is 228 Å². The number of sulfonamides is 1. The molecule has 0 atom stereocenters. The normalized spacial score (nSPS) is 11.6. The van der Waals surface area contributed by atoms with Crippen molar-refractivity contribution in [3.63, 3.8) is 0 Å². The number of allylic oxidation sites excluding steroid dienone is 2. The monoisotopic (exact) mass is 551 g/mol. The van der Waals surface area contributed by atoms with Crippen LogP contribution in [0.3, 0.4) is 0 Å². The predicted molar refractivity (Wildman–Crippen MR) is 154 cm³/mol. The van der Waals surface area contributed by atoms with Crippen LogP contribution in [0.1, 0.15) is 36.0 Å². The molecule has 0 saturated heterocycles. The number of methoxy groups -OCH3 is 2. The van der Waals surface area contributed by atoms with Crippen LogP contribution in [0, 0.1) is 0 Å². The first-order chi connectivity index (χ1) is 18.7. The van der Waals surface area contributed by atoms with Gasteiger partial charge < -0.3 is 18.6 Å². The maximum Gasteiger partial charge on any atom is 0.338 e. The van der Waals surface area contributed by atoms with Crippen molar-refractivity contribution in [3.05, 3.63) is 61.2 Å². The lowest BCUT2D eigenvalue weighted by Crippen LogP contribution is -2.17. The second-order valence-corrected chi connectivity index (χ2v) is 11.0. The molecular formula is C28H33N5O5S. The molecule has 39 heavy (non-hydrogen) atoms. The number of ether oxygens (including phenoxy) is 2. The Morgan fingerprint density at radius 2 is 1.87 bits per heavy atom. The summed E-state index contributed by atoms with van der Waals surface area (Å²) < 4.78 is 42.2. The lowest BCUT2D eigenvalue weighted by molar-refractivity contribution is 0.0600. The number of rotatable bonds is 13. The Morgan fingerprint density at radius 1 is 1.08 bits per heavy atom. The topological polar surface area (TPSA) is 117 Å². The molecule has 3 heterocycles. The van der Waals surface area contributed by atoms with E-state index < -0.39 is 16.0 Å². The van der Waals surface area contributed by atoms with Crippen LogP contribution in [0.5, 0.6) is 5.75 Å². The van der Waals surface area contributed by atoms with Gasteiger partial charge in [-0.25, -0.2) is 23.2 Å². The van der Waals surface area contributed by atoms with Gasteiger partial charge in [-0.05, 0) is 49.6 Å². The van der Waals surface area contributed by atoms with E-state index in [0.29, 0.717) is 46.8 Å². The smallest absolute Gasteiger partial charge is 0.338 e. The molecular weight excluding hydrogens is 518 g/mol. The third-order valence-electron chi connectivity index (χ3n) is 6.44. The SMILES string of the molecule is C=CCCCCCS(=O)(=O)Nc1ccc2cc(-c3nc4cc(C(=O)OC)cc(OC)c4n3C)n(CC=C)c2n1. The van der Waals surface area contributed by atoms with Gasteiger partial charge in [-0.3, -0.25) is 4.72 Å². The molecule has 3 aromatic heterocycles. The van der Waals surface area contributed by atoms with Crippen molar-refractivity contribution in [2.45, 2.75) is 32.2 Å². The molecule has 0 saturated carbocycles. The Hall–Kier alpha value is -4.12. The lowest BCUT2D eigenvalue weighted by Gasteiger charge is -2.10. The molecule has 0 fully saturated rings. The van der Waals surface area contributed by atoms with Gasteiger partial charge in [-0.15, -0.1) is 13.2 Å². The molecule has 1 aromatic carbocycles. The standard InChI is InChI=1S/C28H33N5O5S/c1-6-8-9-10-11-15-39(35,36)31-24-13-12-19-17-22(33(14-7-2)26(19)30-24)27-29-21-16-20(28(34)38-5)18-23(37-4)25(21)32(27)3/h6-7,12-13,16-18H,1-2,8-11,14-15H2,3-5H3,(H,30,31). The molecule has 0 amide bonds. The van der Waals surface area contributed by atoms with E-state index in [1.54, 1.807) is 24.3 Å². The maximum absolute atomic E-state index is 12.7. The first kappa shape index (κ1) is 27.9. The Morgan fingerprint density at radius 3 is 2.56 bits per heavy atom. The highest BCUT2D eigenvalue weighted by Gasteiger charge is 2.22. The number of carbonyl (C=O) groups excluding carboxylic acids is 1. The third-order valence-corrected chi connectivity index (χ3v) is 7.79. The molecule has 0 unspecified atom stereocenters.